The molecule has 6 heteroatoms. The molecule has 19 heavy (non-hydrogen) atoms. The third-order valence-corrected chi connectivity index (χ3v) is 3.77. The number of ether oxygens (including phenoxy) is 1. The second kappa shape index (κ2) is 5.13. The summed E-state index contributed by atoms with van der Waals surface area (Å²) in [5.41, 5.74) is 0. The molecule has 0 aliphatic carbocycles. The minimum Gasteiger partial charge on any atom is -0.480 e. The lowest BCUT2D eigenvalue weighted by Crippen LogP contribution is -2.16. The van der Waals surface area contributed by atoms with Crippen LogP contribution in [-0.2, 0) is 0 Å². The van der Waals surface area contributed by atoms with Crippen molar-refractivity contribution in [1.82, 2.24) is 10.1 Å². The normalized spacial score (nSPS) is 17.9. The highest BCUT2D eigenvalue weighted by molar-refractivity contribution is 7.99. The smallest absolute Gasteiger partial charge is 0.321 e. The molecule has 0 saturated carbocycles. The van der Waals surface area contributed by atoms with Crippen molar-refractivity contribution in [2.75, 3.05) is 11.1 Å². The Morgan fingerprint density at radius 3 is 3.05 bits per heavy atom. The van der Waals surface area contributed by atoms with E-state index in [2.05, 4.69) is 21.5 Å². The molecule has 0 fully saturated rings. The number of aromatic nitrogens is 2. The lowest BCUT2D eigenvalue weighted by atomic mass is 10.3. The molecule has 0 bridgehead atoms. The summed E-state index contributed by atoms with van der Waals surface area (Å²) in [7, 11) is 0. The van der Waals surface area contributed by atoms with E-state index < -0.39 is 0 Å². The number of anilines is 1. The van der Waals surface area contributed by atoms with Gasteiger partial charge in [-0.15, -0.1) is 11.8 Å². The maximum atomic E-state index is 5.90. The van der Waals surface area contributed by atoms with E-state index in [1.807, 2.05) is 32.0 Å². The van der Waals surface area contributed by atoms with Crippen LogP contribution >= 0.6 is 11.8 Å². The fourth-order valence-corrected chi connectivity index (χ4v) is 2.80. The second-order valence-electron chi connectivity index (χ2n) is 4.62. The Balaban J connectivity index is 1.76. The minimum atomic E-state index is -0.161. The van der Waals surface area contributed by atoms with E-state index in [0.29, 0.717) is 11.8 Å². The van der Waals surface area contributed by atoms with Gasteiger partial charge in [0.05, 0.1) is 0 Å². The SMILES string of the molecule is CC(C)Nc1nc(C2CSc3ccccc3O2)no1. The number of hydrogen-bond donors (Lipinski definition) is 1. The molecule has 1 aromatic heterocycles. The summed E-state index contributed by atoms with van der Waals surface area (Å²) in [5, 5.41) is 7.06. The molecular formula is C13H15N3O2S. The van der Waals surface area contributed by atoms with Crippen LogP contribution in [0.15, 0.2) is 33.7 Å². The lowest BCUT2D eigenvalue weighted by molar-refractivity contribution is 0.205. The number of fused-ring (bicyclic) bond motifs is 1. The van der Waals surface area contributed by atoms with Gasteiger partial charge in [0.2, 0.25) is 5.82 Å². The highest BCUT2D eigenvalue weighted by atomic mass is 32.2. The van der Waals surface area contributed by atoms with Crippen molar-refractivity contribution in [2.45, 2.75) is 30.9 Å². The number of nitrogens with zero attached hydrogens (tertiary/aromatic N) is 2. The number of thioether (sulfide) groups is 1. The molecule has 5 nitrogen and oxygen atoms in total. The summed E-state index contributed by atoms with van der Waals surface area (Å²) in [6.45, 7) is 4.04. The summed E-state index contributed by atoms with van der Waals surface area (Å²) in [6.07, 6.45) is -0.161. The third-order valence-electron chi connectivity index (χ3n) is 2.65. The number of para-hydroxylation sites is 1. The first-order chi connectivity index (χ1) is 9.22. The Hall–Kier alpha value is -1.69. The maximum absolute atomic E-state index is 5.90. The molecule has 0 spiro atoms. The van der Waals surface area contributed by atoms with Gasteiger partial charge in [-0.25, -0.2) is 0 Å². The fraction of sp³-hybridized carbons (Fsp3) is 0.385. The molecule has 1 aliphatic heterocycles. The number of nitrogens with one attached hydrogen (secondary N) is 1. The number of hydrogen-bond acceptors (Lipinski definition) is 6. The Kier molecular flexibility index (Phi) is 3.33. The van der Waals surface area contributed by atoms with Gasteiger partial charge in [-0.05, 0) is 26.0 Å². The number of benzene rings is 1. The van der Waals surface area contributed by atoms with Crippen LogP contribution in [-0.4, -0.2) is 21.9 Å². The zero-order valence-electron chi connectivity index (χ0n) is 10.8. The van der Waals surface area contributed by atoms with Crippen LogP contribution in [0.1, 0.15) is 25.8 Å². The Bertz CT molecular complexity index is 571. The first kappa shape index (κ1) is 12.3. The molecule has 0 saturated heterocycles. The maximum Gasteiger partial charge on any atom is 0.321 e. The van der Waals surface area contributed by atoms with Crippen molar-refractivity contribution in [1.29, 1.82) is 0 Å². The van der Waals surface area contributed by atoms with Crippen molar-refractivity contribution >= 4 is 17.8 Å². The molecule has 0 radical (unpaired) electrons. The van der Waals surface area contributed by atoms with Crippen LogP contribution in [0, 0.1) is 0 Å². The van der Waals surface area contributed by atoms with Gasteiger partial charge >= 0.3 is 6.01 Å². The standard InChI is InChI=1S/C13H15N3O2S/c1-8(2)14-13-15-12(16-18-13)10-7-19-11-6-4-3-5-9(11)17-10/h3-6,8,10H,7H2,1-2H3,(H,14,15,16). The van der Waals surface area contributed by atoms with Gasteiger partial charge < -0.3 is 14.6 Å². The van der Waals surface area contributed by atoms with Crippen molar-refractivity contribution < 1.29 is 9.26 Å². The van der Waals surface area contributed by atoms with Gasteiger partial charge in [0.1, 0.15) is 5.75 Å². The molecule has 1 aliphatic rings. The van der Waals surface area contributed by atoms with E-state index in [-0.39, 0.29) is 12.1 Å². The fourth-order valence-electron chi connectivity index (χ4n) is 1.82. The van der Waals surface area contributed by atoms with Gasteiger partial charge in [-0.1, -0.05) is 17.3 Å². The first-order valence-electron chi connectivity index (χ1n) is 6.21. The molecule has 1 aromatic carbocycles. The van der Waals surface area contributed by atoms with Crippen LogP contribution in [0.5, 0.6) is 5.75 Å². The van der Waals surface area contributed by atoms with Crippen molar-refractivity contribution in [3.05, 3.63) is 30.1 Å². The molecule has 1 N–H and O–H groups in total. The van der Waals surface area contributed by atoms with E-state index in [4.69, 9.17) is 9.26 Å². The van der Waals surface area contributed by atoms with Crippen LogP contribution < -0.4 is 10.1 Å². The van der Waals surface area contributed by atoms with E-state index in [1.54, 1.807) is 11.8 Å². The van der Waals surface area contributed by atoms with E-state index in [1.165, 1.54) is 0 Å². The van der Waals surface area contributed by atoms with Gasteiger partial charge in [0.15, 0.2) is 6.10 Å². The molecule has 2 heterocycles. The largest absolute Gasteiger partial charge is 0.480 e. The summed E-state index contributed by atoms with van der Waals surface area (Å²) < 4.78 is 11.1. The predicted octanol–water partition coefficient (Wildman–Crippen LogP) is 3.12. The molecule has 100 valence electrons. The van der Waals surface area contributed by atoms with Crippen molar-refractivity contribution in [3.63, 3.8) is 0 Å². The number of rotatable bonds is 3. The van der Waals surface area contributed by atoms with Gasteiger partial charge in [0, 0.05) is 16.7 Å². The summed E-state index contributed by atoms with van der Waals surface area (Å²) >= 11 is 1.75. The summed E-state index contributed by atoms with van der Waals surface area (Å²) in [6, 6.07) is 8.69. The van der Waals surface area contributed by atoms with E-state index in [9.17, 15) is 0 Å². The Labute approximate surface area is 115 Å². The van der Waals surface area contributed by atoms with Crippen LogP contribution in [0.3, 0.4) is 0 Å². The topological polar surface area (TPSA) is 60.2 Å². The lowest BCUT2D eigenvalue weighted by Gasteiger charge is -2.22. The molecule has 2 aromatic rings. The quantitative estimate of drug-likeness (QED) is 0.930. The molecule has 0 amide bonds. The molecular weight excluding hydrogens is 262 g/mol. The van der Waals surface area contributed by atoms with Crippen LogP contribution in [0.2, 0.25) is 0 Å². The van der Waals surface area contributed by atoms with E-state index >= 15 is 0 Å². The molecule has 1 atom stereocenters. The zero-order valence-corrected chi connectivity index (χ0v) is 11.6. The van der Waals surface area contributed by atoms with Crippen LogP contribution in [0.25, 0.3) is 0 Å². The average molecular weight is 277 g/mol. The predicted molar refractivity (Wildman–Crippen MR) is 73.6 cm³/mol. The van der Waals surface area contributed by atoms with Crippen molar-refractivity contribution in [2.24, 2.45) is 0 Å². The Morgan fingerprint density at radius 1 is 1.37 bits per heavy atom. The minimum absolute atomic E-state index is 0.161. The average Bonchev–Trinajstić information content (AvgIpc) is 2.86. The highest BCUT2D eigenvalue weighted by Crippen LogP contribution is 2.39. The van der Waals surface area contributed by atoms with Gasteiger partial charge in [-0.3, -0.25) is 0 Å². The van der Waals surface area contributed by atoms with Crippen molar-refractivity contribution in [3.8, 4) is 5.75 Å². The summed E-state index contributed by atoms with van der Waals surface area (Å²) in [5.74, 6) is 2.26. The first-order valence-corrected chi connectivity index (χ1v) is 7.19. The molecule has 3 rings (SSSR count). The summed E-state index contributed by atoms with van der Waals surface area (Å²) in [4.78, 5) is 5.48. The monoisotopic (exact) mass is 277 g/mol. The van der Waals surface area contributed by atoms with Gasteiger partial charge in [0.25, 0.3) is 0 Å². The van der Waals surface area contributed by atoms with E-state index in [0.717, 1.165) is 16.4 Å². The second-order valence-corrected chi connectivity index (χ2v) is 5.68. The third kappa shape index (κ3) is 2.68. The van der Waals surface area contributed by atoms with Gasteiger partial charge in [-0.2, -0.15) is 4.98 Å². The Morgan fingerprint density at radius 2 is 2.21 bits per heavy atom. The van der Waals surface area contributed by atoms with Crippen LogP contribution in [0.4, 0.5) is 6.01 Å². The molecule has 1 unspecified atom stereocenters. The zero-order chi connectivity index (χ0) is 13.2. The highest BCUT2D eigenvalue weighted by Gasteiger charge is 2.26.